The molecular weight excluding hydrogens is 340 g/mol. The maximum atomic E-state index is 12.4. The first-order valence-corrected chi connectivity index (χ1v) is 8.34. The van der Waals surface area contributed by atoms with Gasteiger partial charge in [0.15, 0.2) is 5.76 Å². The van der Waals surface area contributed by atoms with Crippen molar-refractivity contribution >= 4 is 45.8 Å². The molecule has 0 saturated carbocycles. The van der Waals surface area contributed by atoms with Crippen LogP contribution in [0.15, 0.2) is 52.9 Å². The first kappa shape index (κ1) is 17.0. The molecule has 5 nitrogen and oxygen atoms in total. The lowest BCUT2D eigenvalue weighted by Crippen LogP contribution is -2.13. The summed E-state index contributed by atoms with van der Waals surface area (Å²) >= 11 is 6.10. The second-order valence-electron chi connectivity index (χ2n) is 5.60. The second-order valence-corrected chi connectivity index (χ2v) is 6.00. The minimum atomic E-state index is -0.371. The zero-order valence-corrected chi connectivity index (χ0v) is 14.4. The Kier molecular flexibility index (Phi) is 5.05. The third kappa shape index (κ3) is 4.00. The smallest absolute Gasteiger partial charge is 0.291 e. The summed E-state index contributed by atoms with van der Waals surface area (Å²) in [5.41, 5.74) is 1.63. The number of hydrogen-bond donors (Lipinski definition) is 2. The van der Waals surface area contributed by atoms with E-state index >= 15 is 0 Å². The number of carbonyl (C=O) groups is 2. The van der Waals surface area contributed by atoms with E-state index in [9.17, 15) is 9.59 Å². The molecule has 128 valence electrons. The van der Waals surface area contributed by atoms with Crippen LogP contribution < -0.4 is 10.6 Å². The van der Waals surface area contributed by atoms with Crippen molar-refractivity contribution in [3.05, 3.63) is 59.3 Å². The van der Waals surface area contributed by atoms with Gasteiger partial charge in [0.25, 0.3) is 5.91 Å². The molecule has 0 fully saturated rings. The first-order chi connectivity index (χ1) is 12.1. The molecule has 2 amide bonds. The van der Waals surface area contributed by atoms with Crippen LogP contribution in [0.2, 0.25) is 5.02 Å². The van der Waals surface area contributed by atoms with E-state index in [1.54, 1.807) is 30.3 Å². The Morgan fingerprint density at radius 2 is 1.88 bits per heavy atom. The van der Waals surface area contributed by atoms with E-state index < -0.39 is 0 Å². The minimum Gasteiger partial charge on any atom is -0.451 e. The van der Waals surface area contributed by atoms with Crippen LogP contribution in [0.25, 0.3) is 11.0 Å². The molecule has 3 rings (SSSR count). The van der Waals surface area contributed by atoms with E-state index in [4.69, 9.17) is 16.0 Å². The monoisotopic (exact) mass is 356 g/mol. The van der Waals surface area contributed by atoms with E-state index in [1.807, 2.05) is 25.1 Å². The Labute approximate surface area is 150 Å². The molecule has 0 bridgehead atoms. The Morgan fingerprint density at radius 3 is 2.64 bits per heavy atom. The largest absolute Gasteiger partial charge is 0.451 e. The van der Waals surface area contributed by atoms with E-state index in [-0.39, 0.29) is 17.6 Å². The van der Waals surface area contributed by atoms with Crippen LogP contribution in [0.1, 0.15) is 30.3 Å². The number of nitrogens with one attached hydrogen (secondary N) is 2. The summed E-state index contributed by atoms with van der Waals surface area (Å²) in [5.74, 6) is -0.276. The summed E-state index contributed by atoms with van der Waals surface area (Å²) in [6.07, 6.45) is 1.15. The number of para-hydroxylation sites is 1. The second kappa shape index (κ2) is 7.40. The summed E-state index contributed by atoms with van der Waals surface area (Å²) in [6, 6.07) is 14.0. The quantitative estimate of drug-likeness (QED) is 0.669. The van der Waals surface area contributed by atoms with Crippen LogP contribution in [0.5, 0.6) is 0 Å². The van der Waals surface area contributed by atoms with Gasteiger partial charge in [-0.15, -0.1) is 0 Å². The van der Waals surface area contributed by atoms with Crippen LogP contribution in [-0.2, 0) is 4.79 Å². The van der Waals surface area contributed by atoms with Gasteiger partial charge in [0.1, 0.15) is 5.58 Å². The van der Waals surface area contributed by atoms with Crippen molar-refractivity contribution in [2.24, 2.45) is 0 Å². The summed E-state index contributed by atoms with van der Waals surface area (Å²) in [6.45, 7) is 1.92. The Bertz CT molecular complexity index is 900. The minimum absolute atomic E-state index is 0.120. The molecule has 25 heavy (non-hydrogen) atoms. The van der Waals surface area contributed by atoms with Crippen molar-refractivity contribution in [2.75, 3.05) is 10.6 Å². The van der Waals surface area contributed by atoms with E-state index in [1.165, 1.54) is 0 Å². The van der Waals surface area contributed by atoms with Gasteiger partial charge in [-0.2, -0.15) is 0 Å². The number of fused-ring (bicyclic) bond motifs is 1. The molecule has 0 radical (unpaired) electrons. The van der Waals surface area contributed by atoms with Crippen LogP contribution in [0, 0.1) is 0 Å². The predicted molar refractivity (Wildman–Crippen MR) is 99.2 cm³/mol. The fourth-order valence-electron chi connectivity index (χ4n) is 2.43. The van der Waals surface area contributed by atoms with Gasteiger partial charge in [-0.05, 0) is 36.8 Å². The number of benzene rings is 2. The highest BCUT2D eigenvalue weighted by molar-refractivity contribution is 6.33. The van der Waals surface area contributed by atoms with Gasteiger partial charge in [0, 0.05) is 17.5 Å². The molecule has 3 aromatic rings. The molecule has 2 aromatic carbocycles. The number of rotatable bonds is 5. The molecule has 0 spiro atoms. The van der Waals surface area contributed by atoms with Gasteiger partial charge in [0.2, 0.25) is 5.91 Å². The zero-order chi connectivity index (χ0) is 17.8. The molecule has 0 unspecified atom stereocenters. The molecule has 0 aliphatic rings. The maximum Gasteiger partial charge on any atom is 0.291 e. The van der Waals surface area contributed by atoms with E-state index in [2.05, 4.69) is 10.6 Å². The lowest BCUT2D eigenvalue weighted by molar-refractivity contribution is -0.116. The average Bonchev–Trinajstić information content (AvgIpc) is 3.02. The number of carbonyl (C=O) groups excluding carboxylic acids is 2. The van der Waals surface area contributed by atoms with Gasteiger partial charge in [-0.1, -0.05) is 36.7 Å². The molecule has 1 aromatic heterocycles. The molecule has 0 atom stereocenters. The number of anilines is 2. The predicted octanol–water partition coefficient (Wildman–Crippen LogP) is 5.08. The van der Waals surface area contributed by atoms with Gasteiger partial charge in [0.05, 0.1) is 10.7 Å². The lowest BCUT2D eigenvalue weighted by Gasteiger charge is -2.10. The van der Waals surface area contributed by atoms with Crippen molar-refractivity contribution in [3.8, 4) is 0 Å². The Balaban J connectivity index is 1.77. The van der Waals surface area contributed by atoms with Crippen molar-refractivity contribution in [2.45, 2.75) is 19.8 Å². The summed E-state index contributed by atoms with van der Waals surface area (Å²) < 4.78 is 5.54. The van der Waals surface area contributed by atoms with Gasteiger partial charge < -0.3 is 15.1 Å². The number of hydrogen-bond acceptors (Lipinski definition) is 3. The molecule has 2 N–H and O–H groups in total. The molecule has 0 saturated heterocycles. The standard InChI is InChI=1S/C19H17ClN2O3/c1-2-5-18(23)22-15-11-13(8-9-14(15)20)21-19(24)17-10-12-6-3-4-7-16(12)25-17/h3-4,6-11H,2,5H2,1H3,(H,21,24)(H,22,23). The zero-order valence-electron chi connectivity index (χ0n) is 13.6. The average molecular weight is 357 g/mol. The normalized spacial score (nSPS) is 10.6. The number of furan rings is 1. The highest BCUT2D eigenvalue weighted by Gasteiger charge is 2.13. The third-order valence-electron chi connectivity index (χ3n) is 3.62. The molecule has 0 aliphatic carbocycles. The van der Waals surface area contributed by atoms with Crippen molar-refractivity contribution in [1.29, 1.82) is 0 Å². The fraction of sp³-hybridized carbons (Fsp3) is 0.158. The van der Waals surface area contributed by atoms with E-state index in [0.29, 0.717) is 28.4 Å². The molecule has 1 heterocycles. The number of amides is 2. The van der Waals surface area contributed by atoms with Gasteiger partial charge >= 0.3 is 0 Å². The summed E-state index contributed by atoms with van der Waals surface area (Å²) in [5, 5.41) is 6.76. The van der Waals surface area contributed by atoms with Crippen LogP contribution in [0.4, 0.5) is 11.4 Å². The molecule has 6 heteroatoms. The van der Waals surface area contributed by atoms with E-state index in [0.717, 1.165) is 11.8 Å². The SMILES string of the molecule is CCCC(=O)Nc1cc(NC(=O)c2cc3ccccc3o2)ccc1Cl. The fourth-order valence-corrected chi connectivity index (χ4v) is 2.59. The topological polar surface area (TPSA) is 71.3 Å². The Morgan fingerprint density at radius 1 is 1.08 bits per heavy atom. The van der Waals surface area contributed by atoms with Crippen molar-refractivity contribution < 1.29 is 14.0 Å². The third-order valence-corrected chi connectivity index (χ3v) is 3.95. The van der Waals surface area contributed by atoms with Crippen LogP contribution in [0.3, 0.4) is 0 Å². The van der Waals surface area contributed by atoms with Crippen molar-refractivity contribution in [1.82, 2.24) is 0 Å². The first-order valence-electron chi connectivity index (χ1n) is 7.96. The molecular formula is C19H17ClN2O3. The van der Waals surface area contributed by atoms with Crippen molar-refractivity contribution in [3.63, 3.8) is 0 Å². The maximum absolute atomic E-state index is 12.4. The summed E-state index contributed by atoms with van der Waals surface area (Å²) in [7, 11) is 0. The lowest BCUT2D eigenvalue weighted by atomic mass is 10.2. The highest BCUT2D eigenvalue weighted by atomic mass is 35.5. The van der Waals surface area contributed by atoms with Crippen LogP contribution >= 0.6 is 11.6 Å². The van der Waals surface area contributed by atoms with Crippen LogP contribution in [-0.4, -0.2) is 11.8 Å². The summed E-state index contributed by atoms with van der Waals surface area (Å²) in [4.78, 5) is 24.1. The number of halogens is 1. The van der Waals surface area contributed by atoms with Gasteiger partial charge in [-0.3, -0.25) is 9.59 Å². The Hall–Kier alpha value is -2.79. The molecule has 0 aliphatic heterocycles. The highest BCUT2D eigenvalue weighted by Crippen LogP contribution is 2.27. The van der Waals surface area contributed by atoms with Gasteiger partial charge in [-0.25, -0.2) is 0 Å².